The summed E-state index contributed by atoms with van der Waals surface area (Å²) in [5.74, 6) is 0.121. The van der Waals surface area contributed by atoms with Crippen molar-refractivity contribution in [2.75, 3.05) is 6.54 Å². The van der Waals surface area contributed by atoms with E-state index in [1.807, 2.05) is 4.68 Å². The number of carboxylic acid groups (broad SMARTS) is 1. The van der Waals surface area contributed by atoms with Gasteiger partial charge < -0.3 is 10.0 Å². The van der Waals surface area contributed by atoms with Crippen molar-refractivity contribution < 1.29 is 14.7 Å². The summed E-state index contributed by atoms with van der Waals surface area (Å²) in [6, 6.07) is 0. The third-order valence-corrected chi connectivity index (χ3v) is 3.67. The monoisotopic (exact) mass is 249 g/mol. The summed E-state index contributed by atoms with van der Waals surface area (Å²) >= 11 is 0. The van der Waals surface area contributed by atoms with Crippen LogP contribution in [0.1, 0.15) is 41.0 Å². The number of fused-ring (bicyclic) bond motifs is 3. The van der Waals surface area contributed by atoms with Crippen LogP contribution in [0.5, 0.6) is 0 Å². The van der Waals surface area contributed by atoms with E-state index in [0.29, 0.717) is 25.1 Å². The van der Waals surface area contributed by atoms with Crippen molar-refractivity contribution in [2.24, 2.45) is 0 Å². The van der Waals surface area contributed by atoms with Crippen molar-refractivity contribution in [3.63, 3.8) is 0 Å². The first-order valence-electron chi connectivity index (χ1n) is 6.26. The Morgan fingerprint density at radius 3 is 2.78 bits per heavy atom. The summed E-state index contributed by atoms with van der Waals surface area (Å²) in [6.07, 6.45) is 2.33. The maximum Gasteiger partial charge on any atom is 0.407 e. The smallest absolute Gasteiger partial charge is 0.407 e. The standard InChI is InChI=1S/C12H15N3O3/c16-10-4-2-1-3-8-11(10)9-7-14(12(17)18)5-6-15(9)13-8/h1-7H2,(H,17,18). The first-order valence-corrected chi connectivity index (χ1v) is 6.26. The summed E-state index contributed by atoms with van der Waals surface area (Å²) < 4.78 is 1.81. The SMILES string of the molecule is O=C1CCCCc2nn3c(c21)CN(C(=O)O)CC3. The number of hydrogen-bond acceptors (Lipinski definition) is 3. The molecule has 0 aromatic carbocycles. The number of hydrogen-bond donors (Lipinski definition) is 1. The molecular formula is C12H15N3O3. The van der Waals surface area contributed by atoms with Gasteiger partial charge in [0.15, 0.2) is 5.78 Å². The zero-order valence-corrected chi connectivity index (χ0v) is 10.1. The topological polar surface area (TPSA) is 75.4 Å². The van der Waals surface area contributed by atoms with Gasteiger partial charge in [0.2, 0.25) is 0 Å². The van der Waals surface area contributed by atoms with Gasteiger partial charge in [-0.2, -0.15) is 5.10 Å². The molecule has 0 spiro atoms. The van der Waals surface area contributed by atoms with Crippen molar-refractivity contribution in [1.82, 2.24) is 14.7 Å². The molecule has 2 heterocycles. The van der Waals surface area contributed by atoms with Gasteiger partial charge >= 0.3 is 6.09 Å². The maximum atomic E-state index is 12.1. The predicted molar refractivity (Wildman–Crippen MR) is 62.5 cm³/mol. The van der Waals surface area contributed by atoms with Crippen LogP contribution in [0.3, 0.4) is 0 Å². The second kappa shape index (κ2) is 4.12. The molecule has 2 aliphatic rings. The summed E-state index contributed by atoms with van der Waals surface area (Å²) in [5.41, 5.74) is 2.34. The Labute approximate surface area is 104 Å². The lowest BCUT2D eigenvalue weighted by atomic mass is 10.1. The fraction of sp³-hybridized carbons (Fsp3) is 0.583. The number of nitrogens with zero attached hydrogens (tertiary/aromatic N) is 3. The lowest BCUT2D eigenvalue weighted by Crippen LogP contribution is -2.38. The molecule has 0 fully saturated rings. The molecule has 0 saturated heterocycles. The van der Waals surface area contributed by atoms with E-state index >= 15 is 0 Å². The van der Waals surface area contributed by atoms with Crippen LogP contribution in [-0.2, 0) is 19.5 Å². The van der Waals surface area contributed by atoms with Gasteiger partial charge in [-0.15, -0.1) is 0 Å². The molecule has 1 aliphatic heterocycles. The van der Waals surface area contributed by atoms with Crippen molar-refractivity contribution in [1.29, 1.82) is 0 Å². The number of aromatic nitrogens is 2. The van der Waals surface area contributed by atoms with Crippen LogP contribution in [0, 0.1) is 0 Å². The highest BCUT2D eigenvalue weighted by Crippen LogP contribution is 2.26. The van der Waals surface area contributed by atoms with Crippen molar-refractivity contribution in [3.8, 4) is 0 Å². The van der Waals surface area contributed by atoms with Gasteiger partial charge in [-0.1, -0.05) is 0 Å². The molecule has 1 amide bonds. The average molecular weight is 249 g/mol. The minimum Gasteiger partial charge on any atom is -0.465 e. The quantitative estimate of drug-likeness (QED) is 0.703. The molecule has 0 saturated carbocycles. The number of rotatable bonds is 0. The lowest BCUT2D eigenvalue weighted by molar-refractivity contribution is 0.0975. The van der Waals surface area contributed by atoms with Crippen LogP contribution in [0.15, 0.2) is 0 Å². The van der Waals surface area contributed by atoms with E-state index in [4.69, 9.17) is 5.11 Å². The molecule has 0 unspecified atom stereocenters. The van der Waals surface area contributed by atoms with E-state index in [9.17, 15) is 9.59 Å². The summed E-state index contributed by atoms with van der Waals surface area (Å²) in [5, 5.41) is 13.5. The van der Waals surface area contributed by atoms with E-state index in [-0.39, 0.29) is 12.3 Å². The molecule has 1 N–H and O–H groups in total. The number of carbonyl (C=O) groups is 2. The third-order valence-electron chi connectivity index (χ3n) is 3.67. The molecule has 1 aromatic heterocycles. The Hall–Kier alpha value is -1.85. The Kier molecular flexibility index (Phi) is 2.57. The fourth-order valence-electron chi connectivity index (χ4n) is 2.74. The first kappa shape index (κ1) is 11.3. The Morgan fingerprint density at radius 1 is 1.22 bits per heavy atom. The Bertz CT molecular complexity index is 521. The van der Waals surface area contributed by atoms with Crippen molar-refractivity contribution in [2.45, 2.75) is 38.8 Å². The maximum absolute atomic E-state index is 12.1. The number of Topliss-reactive ketones (excluding diaryl/α,β-unsaturated/α-hetero) is 1. The molecule has 0 bridgehead atoms. The van der Waals surface area contributed by atoms with E-state index in [0.717, 1.165) is 30.7 Å². The second-order valence-corrected chi connectivity index (χ2v) is 4.83. The third kappa shape index (κ3) is 1.68. The highest BCUT2D eigenvalue weighted by Gasteiger charge is 2.30. The van der Waals surface area contributed by atoms with Gasteiger partial charge in [0.1, 0.15) is 0 Å². The summed E-state index contributed by atoms with van der Waals surface area (Å²) in [6.45, 7) is 1.27. The van der Waals surface area contributed by atoms with Crippen LogP contribution >= 0.6 is 0 Å². The molecule has 6 heteroatoms. The average Bonchev–Trinajstić information content (AvgIpc) is 2.61. The van der Waals surface area contributed by atoms with Gasteiger partial charge in [0, 0.05) is 13.0 Å². The Balaban J connectivity index is 2.02. The number of aryl methyl sites for hydroxylation is 1. The normalized spacial score (nSPS) is 19.1. The molecular weight excluding hydrogens is 234 g/mol. The highest BCUT2D eigenvalue weighted by molar-refractivity contribution is 5.98. The fourth-order valence-corrected chi connectivity index (χ4v) is 2.74. The van der Waals surface area contributed by atoms with Gasteiger partial charge in [-0.05, 0) is 19.3 Å². The zero-order chi connectivity index (χ0) is 12.7. The molecule has 0 radical (unpaired) electrons. The number of ketones is 1. The first-order chi connectivity index (χ1) is 8.66. The molecule has 18 heavy (non-hydrogen) atoms. The zero-order valence-electron chi connectivity index (χ0n) is 10.1. The van der Waals surface area contributed by atoms with Crippen LogP contribution in [0.25, 0.3) is 0 Å². The van der Waals surface area contributed by atoms with E-state index in [1.54, 1.807) is 0 Å². The van der Waals surface area contributed by atoms with Gasteiger partial charge in [-0.25, -0.2) is 4.79 Å². The molecule has 96 valence electrons. The van der Waals surface area contributed by atoms with Crippen LogP contribution in [-0.4, -0.2) is 38.2 Å². The number of amides is 1. The summed E-state index contributed by atoms with van der Waals surface area (Å²) in [7, 11) is 0. The number of carbonyl (C=O) groups excluding carboxylic acids is 1. The van der Waals surface area contributed by atoms with Crippen molar-refractivity contribution in [3.05, 3.63) is 17.0 Å². The molecule has 3 rings (SSSR count). The van der Waals surface area contributed by atoms with Gasteiger partial charge in [0.05, 0.1) is 30.0 Å². The molecule has 0 atom stereocenters. The predicted octanol–water partition coefficient (Wildman–Crippen LogP) is 1.29. The van der Waals surface area contributed by atoms with E-state index in [2.05, 4.69) is 5.10 Å². The molecule has 1 aliphatic carbocycles. The Morgan fingerprint density at radius 2 is 2.00 bits per heavy atom. The largest absolute Gasteiger partial charge is 0.465 e. The van der Waals surface area contributed by atoms with Gasteiger partial charge in [0.25, 0.3) is 0 Å². The van der Waals surface area contributed by atoms with Crippen molar-refractivity contribution >= 4 is 11.9 Å². The molecule has 6 nitrogen and oxygen atoms in total. The van der Waals surface area contributed by atoms with E-state index < -0.39 is 6.09 Å². The second-order valence-electron chi connectivity index (χ2n) is 4.83. The van der Waals surface area contributed by atoms with Gasteiger partial charge in [-0.3, -0.25) is 9.48 Å². The van der Waals surface area contributed by atoms with E-state index in [1.165, 1.54) is 4.90 Å². The van der Waals surface area contributed by atoms with Crippen LogP contribution < -0.4 is 0 Å². The van der Waals surface area contributed by atoms with Crippen LogP contribution in [0.2, 0.25) is 0 Å². The minimum atomic E-state index is -0.933. The summed E-state index contributed by atoms with van der Waals surface area (Å²) in [4.78, 5) is 24.5. The lowest BCUT2D eigenvalue weighted by Gasteiger charge is -2.25. The van der Waals surface area contributed by atoms with Crippen LogP contribution in [0.4, 0.5) is 4.79 Å². The molecule has 1 aromatic rings. The highest BCUT2D eigenvalue weighted by atomic mass is 16.4. The minimum absolute atomic E-state index is 0.121.